The second kappa shape index (κ2) is 16.4. The topological polar surface area (TPSA) is 50.2 Å². The minimum atomic E-state index is -0.723. The summed E-state index contributed by atoms with van der Waals surface area (Å²) in [6.45, 7) is 26.1. The van der Waals surface area contributed by atoms with Crippen LogP contribution in [0.2, 0.25) is 0 Å². The van der Waals surface area contributed by atoms with Gasteiger partial charge in [0.25, 0.3) is 0 Å². The van der Waals surface area contributed by atoms with Gasteiger partial charge in [0.05, 0.1) is 11.0 Å². The van der Waals surface area contributed by atoms with E-state index in [-0.39, 0.29) is 123 Å². The van der Waals surface area contributed by atoms with Crippen molar-refractivity contribution in [3.05, 3.63) is 101 Å². The van der Waals surface area contributed by atoms with Crippen molar-refractivity contribution in [3.63, 3.8) is 0 Å². The van der Waals surface area contributed by atoms with E-state index in [9.17, 15) is 15.4 Å². The van der Waals surface area contributed by atoms with E-state index in [0.29, 0.717) is 37.2 Å². The van der Waals surface area contributed by atoms with Gasteiger partial charge < -0.3 is 5.11 Å². The molecule has 6 aromatic rings. The minimum absolute atomic E-state index is 0. The monoisotopic (exact) mass is 969 g/mol. The van der Waals surface area contributed by atoms with Gasteiger partial charge in [-0.15, -0.1) is 40.4 Å². The fourth-order valence-electron chi connectivity index (χ4n) is 7.43. The Morgan fingerprint density at radius 3 is 2.00 bits per heavy atom. The number of aliphatic hydroxyl groups excluding tert-OH is 1. The zero-order valence-corrected chi connectivity index (χ0v) is 39.2. The molecular formula is C52H64IrNO2S-. The molecule has 5 heteroatoms. The van der Waals surface area contributed by atoms with Crippen LogP contribution in [0.3, 0.4) is 0 Å². The number of aromatic nitrogens is 1. The molecule has 0 fully saturated rings. The first-order valence-electron chi connectivity index (χ1n) is 25.1. The molecule has 0 atom stereocenters. The number of hydrogen-bond acceptors (Lipinski definition) is 4. The Hall–Kier alpha value is -3.37. The van der Waals surface area contributed by atoms with Crippen LogP contribution < -0.4 is 0 Å². The van der Waals surface area contributed by atoms with Gasteiger partial charge in [-0.2, -0.15) is 0 Å². The largest absolute Gasteiger partial charge is 0.512 e. The van der Waals surface area contributed by atoms with E-state index in [1.807, 2.05) is 62.3 Å². The van der Waals surface area contributed by atoms with Gasteiger partial charge in [-0.25, -0.2) is 0 Å². The minimum Gasteiger partial charge on any atom is -0.512 e. The molecule has 1 N–H and O–H groups in total. The number of carbonyl (C=O) groups excluding carboxylic acids is 1. The standard InChI is InChI=1S/C37H36NS.C15H28O2.Ir/c1-35(2,3)29-17-24(16-22-10-8-9-11-25(22)29)32-19-27-23(21-38-32)12-13-26-28-18-30-31(20-33(28)39-34(26)27)37(6,7)15-14-36(30,4)5;1-7-14(5,8-2)12(16)11-13(17)15(6,9-3)10-4;/h8-13,17-21H,14-15H2,1-7H3;11,16H,7-10H2,1-6H3;/q-1;;/b;12-11-;/i8D,9D,10D,11D,12D,13D,17D,18D,19D,20D;;. The third-order valence-corrected chi connectivity index (χ3v) is 13.9. The SMILES string of the molecule is CCC(C)(CC)C(=O)/C=C(\O)C(C)(CC)CC.[2H]c1c([2H])c([2H])c2c(C(C)(C)C)c([2H])c(-c3ncc4c([2H])c([2H])c5c(sc6c([2H])c7c(c([2H])c65)C(C)(C)CCC7(C)C)c4c3[2H])[c-]c2c1[2H].[Ir]. The molecular weight excluding hydrogens is 895 g/mol. The molecule has 4 aromatic carbocycles. The van der Waals surface area contributed by atoms with Crippen LogP contribution in [0.4, 0.5) is 0 Å². The van der Waals surface area contributed by atoms with Gasteiger partial charge >= 0.3 is 0 Å². The van der Waals surface area contributed by atoms with Crippen LogP contribution in [0.1, 0.15) is 159 Å². The summed E-state index contributed by atoms with van der Waals surface area (Å²) >= 11 is 1.25. The van der Waals surface area contributed by atoms with Gasteiger partial charge in [-0.3, -0.25) is 9.78 Å². The molecule has 0 unspecified atom stereocenters. The number of hydrogen-bond donors (Lipinski definition) is 1. The van der Waals surface area contributed by atoms with Gasteiger partial charge in [0.1, 0.15) is 5.76 Å². The molecule has 305 valence electrons. The Balaban J connectivity index is 0.000000399. The van der Waals surface area contributed by atoms with Crippen molar-refractivity contribution in [1.82, 2.24) is 4.98 Å². The van der Waals surface area contributed by atoms with Crippen molar-refractivity contribution in [1.29, 1.82) is 0 Å². The summed E-state index contributed by atoms with van der Waals surface area (Å²) in [7, 11) is 0. The van der Waals surface area contributed by atoms with E-state index in [2.05, 4.69) is 38.7 Å². The first-order chi connectivity index (χ1) is 30.4. The van der Waals surface area contributed by atoms with Crippen LogP contribution in [-0.4, -0.2) is 15.9 Å². The van der Waals surface area contributed by atoms with Crippen LogP contribution in [0, 0.1) is 16.9 Å². The summed E-state index contributed by atoms with van der Waals surface area (Å²) in [6.07, 6.45) is 7.89. The van der Waals surface area contributed by atoms with Crippen molar-refractivity contribution in [3.8, 4) is 11.3 Å². The summed E-state index contributed by atoms with van der Waals surface area (Å²) in [5.74, 6) is 0.286. The van der Waals surface area contributed by atoms with Crippen molar-refractivity contribution in [2.24, 2.45) is 10.8 Å². The first kappa shape index (κ1) is 32.5. The fraction of sp³-hybridized carbons (Fsp3) is 0.462. The smallest absolute Gasteiger partial charge is 0.164 e. The molecule has 1 aliphatic rings. The van der Waals surface area contributed by atoms with Crippen molar-refractivity contribution < 1.29 is 43.7 Å². The summed E-state index contributed by atoms with van der Waals surface area (Å²) in [5.41, 5.74) is 0.170. The Bertz CT molecular complexity index is 3030. The number of thiophene rings is 1. The molecule has 57 heavy (non-hydrogen) atoms. The van der Waals surface area contributed by atoms with E-state index in [4.69, 9.17) is 8.22 Å². The maximum absolute atomic E-state index is 12.2. The summed E-state index contributed by atoms with van der Waals surface area (Å²) in [4.78, 5) is 16.7. The maximum atomic E-state index is 12.2. The van der Waals surface area contributed by atoms with Gasteiger partial charge in [0, 0.05) is 77.2 Å². The average molecular weight is 969 g/mol. The summed E-state index contributed by atoms with van der Waals surface area (Å²) < 4.78 is 91.1. The molecule has 0 saturated carbocycles. The second-order valence-corrected chi connectivity index (χ2v) is 19.5. The third kappa shape index (κ3) is 8.41. The molecule has 0 bridgehead atoms. The third-order valence-electron chi connectivity index (χ3n) is 12.8. The van der Waals surface area contributed by atoms with Gasteiger partial charge in [-0.05, 0) is 83.4 Å². The Morgan fingerprint density at radius 2 is 1.40 bits per heavy atom. The number of ketones is 1. The van der Waals surface area contributed by atoms with E-state index in [1.165, 1.54) is 23.6 Å². The van der Waals surface area contributed by atoms with Crippen molar-refractivity contribution in [2.45, 2.75) is 145 Å². The molecule has 3 nitrogen and oxygen atoms in total. The summed E-state index contributed by atoms with van der Waals surface area (Å²) in [5, 5.41) is 11.9. The quantitative estimate of drug-likeness (QED) is 0.0939. The molecule has 7 rings (SSSR count). The van der Waals surface area contributed by atoms with Gasteiger partial charge in [-0.1, -0.05) is 137 Å². The molecule has 0 amide bonds. The number of pyridine rings is 1. The maximum Gasteiger partial charge on any atom is 0.164 e. The molecule has 1 aliphatic carbocycles. The Morgan fingerprint density at radius 1 is 0.807 bits per heavy atom. The molecule has 0 aliphatic heterocycles. The van der Waals surface area contributed by atoms with Crippen LogP contribution in [0.25, 0.3) is 53.0 Å². The van der Waals surface area contributed by atoms with Crippen LogP contribution >= 0.6 is 11.3 Å². The zero-order valence-electron chi connectivity index (χ0n) is 45.9. The van der Waals surface area contributed by atoms with Gasteiger partial charge in [0.2, 0.25) is 0 Å². The predicted octanol–water partition coefficient (Wildman–Crippen LogP) is 15.5. The van der Waals surface area contributed by atoms with E-state index < -0.39 is 17.5 Å². The van der Waals surface area contributed by atoms with Crippen LogP contribution in [0.5, 0.6) is 0 Å². The molecule has 0 spiro atoms. The number of nitrogens with zero attached hydrogens (tertiary/aromatic N) is 1. The fourth-order valence-corrected chi connectivity index (χ4v) is 8.56. The van der Waals surface area contributed by atoms with E-state index >= 15 is 0 Å². The number of rotatable bonds is 8. The number of carbonyl (C=O) groups is 1. The molecule has 2 heterocycles. The summed E-state index contributed by atoms with van der Waals surface area (Å²) in [6, 6.07) is 1.87. The number of fused-ring (bicyclic) bond motifs is 7. The van der Waals surface area contributed by atoms with Crippen molar-refractivity contribution in [2.75, 3.05) is 0 Å². The Labute approximate surface area is 374 Å². The number of allylic oxidation sites excluding steroid dienone is 2. The zero-order chi connectivity index (χ0) is 49.7. The van der Waals surface area contributed by atoms with E-state index in [0.717, 1.165) is 49.7 Å². The van der Waals surface area contributed by atoms with Crippen LogP contribution in [0.15, 0.2) is 78.5 Å². The molecule has 2 aromatic heterocycles. The second-order valence-electron chi connectivity index (χ2n) is 18.5. The van der Waals surface area contributed by atoms with Crippen LogP contribution in [-0.2, 0) is 41.1 Å². The van der Waals surface area contributed by atoms with E-state index in [1.54, 1.807) is 0 Å². The average Bonchev–Trinajstić information content (AvgIpc) is 3.67. The number of aliphatic hydroxyl groups is 1. The van der Waals surface area contributed by atoms with Crippen molar-refractivity contribution >= 4 is 58.8 Å². The predicted molar refractivity (Wildman–Crippen MR) is 243 cm³/mol. The normalized spacial score (nSPS) is 18.1. The first-order valence-corrected chi connectivity index (χ1v) is 21.0. The number of benzene rings is 4. The van der Waals surface area contributed by atoms with Gasteiger partial charge in [0.15, 0.2) is 5.78 Å². The Kier molecular flexibility index (Phi) is 9.32. The molecule has 1 radical (unpaired) electrons. The molecule has 0 saturated heterocycles.